The van der Waals surface area contributed by atoms with Gasteiger partial charge in [-0.15, -0.1) is 0 Å². The first-order valence-corrected chi connectivity index (χ1v) is 11.8. The molecule has 8 nitrogen and oxygen atoms in total. The van der Waals surface area contributed by atoms with E-state index in [1.807, 2.05) is 0 Å². The lowest BCUT2D eigenvalue weighted by Crippen LogP contribution is -2.29. The minimum Gasteiger partial charge on any atom is -0.507 e. The zero-order valence-electron chi connectivity index (χ0n) is 19.7. The monoisotopic (exact) mass is 563 g/mol. The maximum atomic E-state index is 13.4. The Morgan fingerprint density at radius 1 is 0.892 bits per heavy atom. The molecule has 0 bridgehead atoms. The molecular formula is C26H20Cl3NO7. The van der Waals surface area contributed by atoms with Gasteiger partial charge in [-0.3, -0.25) is 14.5 Å². The predicted molar refractivity (Wildman–Crippen MR) is 140 cm³/mol. The van der Waals surface area contributed by atoms with E-state index in [1.165, 1.54) is 44.4 Å². The number of anilines is 1. The summed E-state index contributed by atoms with van der Waals surface area (Å²) in [5.74, 6) is -2.69. The van der Waals surface area contributed by atoms with Gasteiger partial charge in [0.05, 0.1) is 48.6 Å². The van der Waals surface area contributed by atoms with Crippen molar-refractivity contribution >= 4 is 57.9 Å². The Labute approximate surface area is 227 Å². The lowest BCUT2D eigenvalue weighted by Gasteiger charge is -2.26. The topological polar surface area (TPSA) is 106 Å². The summed E-state index contributed by atoms with van der Waals surface area (Å²) in [5, 5.41) is 21.7. The second kappa shape index (κ2) is 10.4. The first kappa shape index (κ1) is 26.5. The number of phenolic OH excluding ortho intramolecular Hbond substituents is 1. The van der Waals surface area contributed by atoms with Crippen molar-refractivity contribution in [1.29, 1.82) is 0 Å². The van der Waals surface area contributed by atoms with Crippen LogP contribution in [0.1, 0.15) is 17.2 Å². The van der Waals surface area contributed by atoms with E-state index in [0.717, 1.165) is 0 Å². The smallest absolute Gasteiger partial charge is 0.300 e. The molecule has 1 aliphatic rings. The molecule has 1 unspecified atom stereocenters. The molecule has 192 valence electrons. The molecule has 1 atom stereocenters. The van der Waals surface area contributed by atoms with Crippen LogP contribution in [0.25, 0.3) is 5.76 Å². The van der Waals surface area contributed by atoms with Gasteiger partial charge in [-0.05, 0) is 35.9 Å². The number of aliphatic hydroxyl groups excluding tert-OH is 1. The Kier molecular flexibility index (Phi) is 7.45. The van der Waals surface area contributed by atoms with Crippen LogP contribution >= 0.6 is 34.8 Å². The van der Waals surface area contributed by atoms with Gasteiger partial charge in [-0.2, -0.15) is 0 Å². The second-order valence-electron chi connectivity index (χ2n) is 7.84. The number of ketones is 1. The highest BCUT2D eigenvalue weighted by atomic mass is 35.5. The number of benzene rings is 3. The number of methoxy groups -OCH3 is 3. The normalized spacial score (nSPS) is 16.7. The molecule has 4 rings (SSSR count). The van der Waals surface area contributed by atoms with Crippen molar-refractivity contribution in [3.63, 3.8) is 0 Å². The standard InChI is InChI=1S/C26H20Cl3NO7/c1-35-17-10-12(9-15(27)22(17)32)20-18(23(33)26(34)30(20)13-7-5-4-6-8-13)21(31)14-11-16(28)25(37-3)19(29)24(14)36-2/h4-11,20,31-32H,1-3H3/b21-18+. The number of phenols is 1. The number of rotatable bonds is 6. The van der Waals surface area contributed by atoms with Gasteiger partial charge in [0, 0.05) is 5.69 Å². The number of Topliss-reactive ketones (excluding diaryl/α,β-unsaturated/α-hetero) is 1. The quantitative estimate of drug-likeness (QED) is 0.215. The summed E-state index contributed by atoms with van der Waals surface area (Å²) in [6, 6.07) is 11.4. The van der Waals surface area contributed by atoms with Crippen LogP contribution in [0.5, 0.6) is 23.0 Å². The Morgan fingerprint density at radius 3 is 2.14 bits per heavy atom. The van der Waals surface area contributed by atoms with E-state index < -0.39 is 23.5 Å². The fraction of sp³-hybridized carbons (Fsp3) is 0.154. The van der Waals surface area contributed by atoms with Gasteiger partial charge in [0.2, 0.25) is 0 Å². The number of hydrogen-bond acceptors (Lipinski definition) is 7. The van der Waals surface area contributed by atoms with Crippen LogP contribution in [-0.2, 0) is 9.59 Å². The maximum Gasteiger partial charge on any atom is 0.300 e. The zero-order valence-corrected chi connectivity index (χ0v) is 22.0. The fourth-order valence-electron chi connectivity index (χ4n) is 4.20. The molecule has 0 aliphatic carbocycles. The number of amides is 1. The highest BCUT2D eigenvalue weighted by Gasteiger charge is 2.47. The fourth-order valence-corrected chi connectivity index (χ4v) is 5.11. The Bertz CT molecular complexity index is 1440. The molecule has 0 radical (unpaired) electrons. The molecule has 0 spiro atoms. The first-order valence-electron chi connectivity index (χ1n) is 10.7. The van der Waals surface area contributed by atoms with E-state index in [2.05, 4.69) is 0 Å². The van der Waals surface area contributed by atoms with Crippen LogP contribution in [-0.4, -0.2) is 43.2 Å². The molecule has 0 saturated carbocycles. The summed E-state index contributed by atoms with van der Waals surface area (Å²) >= 11 is 19.0. The molecule has 1 aliphatic heterocycles. The number of carbonyl (C=O) groups is 2. The number of para-hydroxylation sites is 1. The van der Waals surface area contributed by atoms with Crippen molar-refractivity contribution in [1.82, 2.24) is 0 Å². The van der Waals surface area contributed by atoms with Gasteiger partial charge in [-0.25, -0.2) is 0 Å². The van der Waals surface area contributed by atoms with E-state index >= 15 is 0 Å². The highest BCUT2D eigenvalue weighted by Crippen LogP contribution is 2.49. The van der Waals surface area contributed by atoms with Gasteiger partial charge in [0.25, 0.3) is 11.7 Å². The van der Waals surface area contributed by atoms with Crippen LogP contribution in [0.2, 0.25) is 15.1 Å². The largest absolute Gasteiger partial charge is 0.507 e. The summed E-state index contributed by atoms with van der Waals surface area (Å²) in [7, 11) is 4.00. The predicted octanol–water partition coefficient (Wildman–Crippen LogP) is 6.00. The summed E-state index contributed by atoms with van der Waals surface area (Å²) in [6.07, 6.45) is 0. The van der Waals surface area contributed by atoms with Gasteiger partial charge < -0.3 is 24.4 Å². The molecule has 1 amide bonds. The van der Waals surface area contributed by atoms with E-state index in [-0.39, 0.29) is 54.8 Å². The average molecular weight is 565 g/mol. The molecule has 11 heteroatoms. The second-order valence-corrected chi connectivity index (χ2v) is 9.04. The maximum absolute atomic E-state index is 13.4. The SMILES string of the molecule is COc1cc(C2/C(=C(\O)c3cc(Cl)c(OC)c(Cl)c3OC)C(=O)C(=O)N2c2ccccc2)cc(Cl)c1O. The number of carbonyl (C=O) groups excluding carboxylic acids is 2. The van der Waals surface area contributed by atoms with Crippen molar-refractivity contribution in [2.75, 3.05) is 26.2 Å². The first-order chi connectivity index (χ1) is 17.7. The molecular weight excluding hydrogens is 545 g/mol. The van der Waals surface area contributed by atoms with Crippen molar-refractivity contribution in [3.8, 4) is 23.0 Å². The molecule has 37 heavy (non-hydrogen) atoms. The van der Waals surface area contributed by atoms with Gasteiger partial charge in [0.1, 0.15) is 10.8 Å². The Hall–Kier alpha value is -3.59. The van der Waals surface area contributed by atoms with Crippen LogP contribution in [0.15, 0.2) is 54.1 Å². The minimum absolute atomic E-state index is 0.00858. The lowest BCUT2D eigenvalue weighted by atomic mass is 9.94. The molecule has 1 heterocycles. The van der Waals surface area contributed by atoms with Crippen LogP contribution in [0.4, 0.5) is 5.69 Å². The molecule has 3 aromatic carbocycles. The molecule has 2 N–H and O–H groups in total. The van der Waals surface area contributed by atoms with Crippen molar-refractivity contribution in [3.05, 3.63) is 80.3 Å². The third-order valence-electron chi connectivity index (χ3n) is 5.86. The number of hydrogen-bond donors (Lipinski definition) is 2. The number of aliphatic hydroxyl groups is 1. The third kappa shape index (κ3) is 4.41. The van der Waals surface area contributed by atoms with Gasteiger partial charge >= 0.3 is 0 Å². The van der Waals surface area contributed by atoms with Crippen molar-refractivity contribution in [2.24, 2.45) is 0 Å². The summed E-state index contributed by atoms with van der Waals surface area (Å²) in [6.45, 7) is 0. The molecule has 0 aromatic heterocycles. The summed E-state index contributed by atoms with van der Waals surface area (Å²) in [5.41, 5.74) is 0.350. The zero-order chi connectivity index (χ0) is 27.0. The summed E-state index contributed by atoms with van der Waals surface area (Å²) < 4.78 is 15.8. The number of halogens is 3. The van der Waals surface area contributed by atoms with E-state index in [9.17, 15) is 19.8 Å². The molecule has 1 fully saturated rings. The van der Waals surface area contributed by atoms with Crippen molar-refractivity contribution in [2.45, 2.75) is 6.04 Å². The number of aromatic hydroxyl groups is 1. The Balaban J connectivity index is 2.06. The van der Waals surface area contributed by atoms with Crippen molar-refractivity contribution < 1.29 is 34.0 Å². The summed E-state index contributed by atoms with van der Waals surface area (Å²) in [4.78, 5) is 28.0. The number of nitrogens with zero attached hydrogens (tertiary/aromatic N) is 1. The van der Waals surface area contributed by atoms with E-state index in [1.54, 1.807) is 30.3 Å². The Morgan fingerprint density at radius 2 is 1.54 bits per heavy atom. The highest BCUT2D eigenvalue weighted by molar-refractivity contribution is 6.52. The minimum atomic E-state index is -1.17. The van der Waals surface area contributed by atoms with E-state index in [4.69, 9.17) is 49.0 Å². The third-order valence-corrected chi connectivity index (χ3v) is 6.77. The molecule has 1 saturated heterocycles. The molecule has 3 aromatic rings. The van der Waals surface area contributed by atoms with E-state index in [0.29, 0.717) is 5.69 Å². The average Bonchev–Trinajstić information content (AvgIpc) is 3.15. The van der Waals surface area contributed by atoms with Gasteiger partial charge in [-0.1, -0.05) is 53.0 Å². The number of ether oxygens (including phenoxy) is 3. The van der Waals surface area contributed by atoms with Crippen LogP contribution in [0, 0.1) is 0 Å². The van der Waals surface area contributed by atoms with Crippen LogP contribution < -0.4 is 19.1 Å². The lowest BCUT2D eigenvalue weighted by molar-refractivity contribution is -0.132. The van der Waals surface area contributed by atoms with Crippen LogP contribution in [0.3, 0.4) is 0 Å². The van der Waals surface area contributed by atoms with Gasteiger partial charge in [0.15, 0.2) is 23.0 Å².